The Labute approximate surface area is 123 Å². The van der Waals surface area contributed by atoms with Crippen LogP contribution in [0.4, 0.5) is 0 Å². The lowest BCUT2D eigenvalue weighted by atomic mass is 9.95. The van der Waals surface area contributed by atoms with Crippen molar-refractivity contribution in [1.29, 1.82) is 0 Å². The minimum absolute atomic E-state index is 0.00541. The third kappa shape index (κ3) is 3.46. The van der Waals surface area contributed by atoms with Gasteiger partial charge in [-0.1, -0.05) is 37.3 Å². The van der Waals surface area contributed by atoms with Crippen molar-refractivity contribution in [1.82, 2.24) is 5.32 Å². The molecule has 4 heteroatoms. The van der Waals surface area contributed by atoms with Crippen molar-refractivity contribution < 1.29 is 4.79 Å². The summed E-state index contributed by atoms with van der Waals surface area (Å²) in [5.41, 5.74) is 8.37. The van der Waals surface area contributed by atoms with Crippen molar-refractivity contribution in [2.45, 2.75) is 26.4 Å². The normalized spacial score (nSPS) is 13.8. The SMILES string of the molecule is Cc1ccsc1CNC(=O)C(C)C(N)c1ccccc1. The number of hydrogen-bond acceptors (Lipinski definition) is 3. The molecule has 2 rings (SSSR count). The molecule has 0 saturated carbocycles. The number of amides is 1. The van der Waals surface area contributed by atoms with Crippen LogP contribution in [0.25, 0.3) is 0 Å². The van der Waals surface area contributed by atoms with Gasteiger partial charge in [0.15, 0.2) is 0 Å². The van der Waals surface area contributed by atoms with Gasteiger partial charge >= 0.3 is 0 Å². The summed E-state index contributed by atoms with van der Waals surface area (Å²) in [5, 5.41) is 5.01. The molecule has 0 aliphatic heterocycles. The summed E-state index contributed by atoms with van der Waals surface area (Å²) in [4.78, 5) is 13.4. The fourth-order valence-electron chi connectivity index (χ4n) is 2.04. The Morgan fingerprint density at radius 3 is 2.60 bits per heavy atom. The highest BCUT2D eigenvalue weighted by Gasteiger charge is 2.21. The van der Waals surface area contributed by atoms with Crippen LogP contribution in [0.15, 0.2) is 41.8 Å². The van der Waals surface area contributed by atoms with Gasteiger partial charge in [0.2, 0.25) is 5.91 Å². The molecule has 3 nitrogen and oxygen atoms in total. The molecule has 1 aromatic heterocycles. The highest BCUT2D eigenvalue weighted by Crippen LogP contribution is 2.20. The molecule has 1 heterocycles. The van der Waals surface area contributed by atoms with E-state index in [-0.39, 0.29) is 17.9 Å². The van der Waals surface area contributed by atoms with Gasteiger partial charge in [0.1, 0.15) is 0 Å². The van der Waals surface area contributed by atoms with Crippen LogP contribution in [-0.2, 0) is 11.3 Å². The molecule has 0 bridgehead atoms. The molecule has 2 unspecified atom stereocenters. The molecule has 2 atom stereocenters. The summed E-state index contributed by atoms with van der Waals surface area (Å²) in [5.74, 6) is -0.258. The van der Waals surface area contributed by atoms with Gasteiger partial charge in [0.25, 0.3) is 0 Å². The first kappa shape index (κ1) is 14.8. The number of aryl methyl sites for hydroxylation is 1. The lowest BCUT2D eigenvalue weighted by molar-refractivity contribution is -0.125. The lowest BCUT2D eigenvalue weighted by Crippen LogP contribution is -2.35. The van der Waals surface area contributed by atoms with Crippen LogP contribution in [0.3, 0.4) is 0 Å². The summed E-state index contributed by atoms with van der Waals surface area (Å²) in [6.45, 7) is 4.50. The van der Waals surface area contributed by atoms with E-state index >= 15 is 0 Å². The van der Waals surface area contributed by atoms with Gasteiger partial charge in [-0.2, -0.15) is 0 Å². The molecule has 0 saturated heterocycles. The van der Waals surface area contributed by atoms with Crippen LogP contribution in [0.1, 0.15) is 29.0 Å². The number of nitrogens with two attached hydrogens (primary N) is 1. The zero-order chi connectivity index (χ0) is 14.5. The number of hydrogen-bond donors (Lipinski definition) is 2. The smallest absolute Gasteiger partial charge is 0.225 e. The maximum absolute atomic E-state index is 12.2. The van der Waals surface area contributed by atoms with E-state index in [2.05, 4.69) is 18.3 Å². The maximum Gasteiger partial charge on any atom is 0.225 e. The van der Waals surface area contributed by atoms with Crippen molar-refractivity contribution in [2.75, 3.05) is 0 Å². The summed E-state index contributed by atoms with van der Waals surface area (Å²) >= 11 is 1.66. The van der Waals surface area contributed by atoms with Crippen molar-refractivity contribution in [2.24, 2.45) is 11.7 Å². The summed E-state index contributed by atoms with van der Waals surface area (Å²) in [6.07, 6.45) is 0. The zero-order valence-electron chi connectivity index (χ0n) is 11.8. The number of carbonyl (C=O) groups excluding carboxylic acids is 1. The third-order valence-electron chi connectivity index (χ3n) is 3.53. The van der Waals surface area contributed by atoms with Gasteiger partial charge in [0.05, 0.1) is 12.5 Å². The highest BCUT2D eigenvalue weighted by atomic mass is 32.1. The standard InChI is InChI=1S/C16H20N2OS/c1-11-8-9-20-14(11)10-18-16(19)12(2)15(17)13-6-4-3-5-7-13/h3-9,12,15H,10,17H2,1-2H3,(H,18,19). The quantitative estimate of drug-likeness (QED) is 0.888. The number of rotatable bonds is 5. The Bertz CT molecular complexity index is 565. The van der Waals surface area contributed by atoms with Crippen LogP contribution in [-0.4, -0.2) is 5.91 Å². The second-order valence-electron chi connectivity index (χ2n) is 4.97. The first-order valence-corrected chi connectivity index (χ1v) is 7.58. The predicted octanol–water partition coefficient (Wildman–Crippen LogP) is 3.01. The van der Waals surface area contributed by atoms with Gasteiger partial charge in [-0.25, -0.2) is 0 Å². The van der Waals surface area contributed by atoms with E-state index in [4.69, 9.17) is 5.73 Å². The molecule has 2 aromatic rings. The van der Waals surface area contributed by atoms with E-state index in [1.54, 1.807) is 11.3 Å². The van der Waals surface area contributed by atoms with Crippen LogP contribution >= 0.6 is 11.3 Å². The molecule has 0 fully saturated rings. The Morgan fingerprint density at radius 2 is 2.00 bits per heavy atom. The molecule has 0 radical (unpaired) electrons. The molecular formula is C16H20N2OS. The molecule has 1 aromatic carbocycles. The van der Waals surface area contributed by atoms with Crippen molar-refractivity contribution in [3.05, 3.63) is 57.8 Å². The van der Waals surface area contributed by atoms with E-state index in [9.17, 15) is 4.79 Å². The van der Waals surface area contributed by atoms with Crippen LogP contribution in [0, 0.1) is 12.8 Å². The van der Waals surface area contributed by atoms with Gasteiger partial charge in [-0.3, -0.25) is 4.79 Å². The Hall–Kier alpha value is -1.65. The van der Waals surface area contributed by atoms with E-state index in [1.165, 1.54) is 10.4 Å². The second-order valence-corrected chi connectivity index (χ2v) is 5.97. The molecule has 0 aliphatic carbocycles. The molecule has 3 N–H and O–H groups in total. The minimum atomic E-state index is -0.277. The average Bonchev–Trinajstić information content (AvgIpc) is 2.89. The second kappa shape index (κ2) is 6.68. The monoisotopic (exact) mass is 288 g/mol. The Balaban J connectivity index is 1.93. The summed E-state index contributed by atoms with van der Waals surface area (Å²) in [6, 6.07) is 11.5. The van der Waals surface area contributed by atoms with Gasteiger partial charge in [-0.15, -0.1) is 11.3 Å². The first-order valence-electron chi connectivity index (χ1n) is 6.71. The van der Waals surface area contributed by atoms with Crippen molar-refractivity contribution >= 4 is 17.2 Å². The van der Waals surface area contributed by atoms with Crippen molar-refractivity contribution in [3.63, 3.8) is 0 Å². The minimum Gasteiger partial charge on any atom is -0.351 e. The molecule has 1 amide bonds. The number of thiophene rings is 1. The fraction of sp³-hybridized carbons (Fsp3) is 0.312. The number of carbonyl (C=O) groups is 1. The van der Waals surface area contributed by atoms with Crippen LogP contribution < -0.4 is 11.1 Å². The van der Waals surface area contributed by atoms with E-state index in [1.807, 2.05) is 42.6 Å². The number of benzene rings is 1. The highest BCUT2D eigenvalue weighted by molar-refractivity contribution is 7.10. The molecule has 20 heavy (non-hydrogen) atoms. The van der Waals surface area contributed by atoms with Gasteiger partial charge < -0.3 is 11.1 Å². The lowest BCUT2D eigenvalue weighted by Gasteiger charge is -2.19. The molecule has 0 spiro atoms. The number of nitrogens with one attached hydrogen (secondary N) is 1. The topological polar surface area (TPSA) is 55.1 Å². The van der Waals surface area contributed by atoms with E-state index in [0.29, 0.717) is 6.54 Å². The van der Waals surface area contributed by atoms with Crippen LogP contribution in [0.2, 0.25) is 0 Å². The van der Waals surface area contributed by atoms with Gasteiger partial charge in [0, 0.05) is 10.9 Å². The summed E-state index contributed by atoms with van der Waals surface area (Å²) in [7, 11) is 0. The predicted molar refractivity (Wildman–Crippen MR) is 83.4 cm³/mol. The van der Waals surface area contributed by atoms with Crippen LogP contribution in [0.5, 0.6) is 0 Å². The van der Waals surface area contributed by atoms with E-state index in [0.717, 1.165) is 5.56 Å². The third-order valence-corrected chi connectivity index (χ3v) is 4.55. The Morgan fingerprint density at radius 1 is 1.30 bits per heavy atom. The largest absolute Gasteiger partial charge is 0.351 e. The zero-order valence-corrected chi connectivity index (χ0v) is 12.6. The maximum atomic E-state index is 12.2. The van der Waals surface area contributed by atoms with E-state index < -0.39 is 0 Å². The summed E-state index contributed by atoms with van der Waals surface area (Å²) < 4.78 is 0. The average molecular weight is 288 g/mol. The molecular weight excluding hydrogens is 268 g/mol. The van der Waals surface area contributed by atoms with Gasteiger partial charge in [-0.05, 0) is 29.5 Å². The van der Waals surface area contributed by atoms with Crippen molar-refractivity contribution in [3.8, 4) is 0 Å². The Kier molecular flexibility index (Phi) is 4.93. The first-order chi connectivity index (χ1) is 9.59. The molecule has 0 aliphatic rings. The fourth-order valence-corrected chi connectivity index (χ4v) is 2.89. The molecule has 106 valence electrons.